The highest BCUT2D eigenvalue weighted by Gasteiger charge is 2.32. The zero-order valence-corrected chi connectivity index (χ0v) is 13.8. The molecule has 0 amide bonds. The van der Waals surface area contributed by atoms with Crippen LogP contribution >= 0.6 is 22.9 Å². The maximum absolute atomic E-state index is 6.26. The van der Waals surface area contributed by atoms with Crippen molar-refractivity contribution in [3.05, 3.63) is 57.2 Å². The van der Waals surface area contributed by atoms with E-state index in [1.165, 1.54) is 16.9 Å². The smallest absolute Gasteiger partial charge is 0.0931 e. The summed E-state index contributed by atoms with van der Waals surface area (Å²) in [5.74, 6) is 0.614. The first-order chi connectivity index (χ1) is 10.1. The van der Waals surface area contributed by atoms with E-state index in [9.17, 15) is 0 Å². The van der Waals surface area contributed by atoms with Crippen molar-refractivity contribution in [2.45, 2.75) is 31.3 Å². The summed E-state index contributed by atoms with van der Waals surface area (Å²) in [4.78, 5) is 3.80. The van der Waals surface area contributed by atoms with E-state index in [-0.39, 0.29) is 12.1 Å². The Morgan fingerprint density at radius 1 is 1.24 bits per heavy atom. The minimum atomic E-state index is 0.106. The molecule has 1 fully saturated rings. The van der Waals surface area contributed by atoms with E-state index in [2.05, 4.69) is 48.2 Å². The number of halogens is 1. The molecule has 0 spiro atoms. The normalized spacial score (nSPS) is 22.3. The molecule has 1 aliphatic heterocycles. The molecule has 0 saturated carbocycles. The number of hydrogen-bond acceptors (Lipinski definition) is 3. The lowest BCUT2D eigenvalue weighted by molar-refractivity contribution is 0.220. The maximum atomic E-state index is 6.26. The molecule has 1 aromatic carbocycles. The molecule has 3 rings (SSSR count). The molecule has 112 valence electrons. The molecule has 2 heterocycles. The molecule has 2 N–H and O–H groups in total. The molecule has 1 aromatic heterocycles. The van der Waals surface area contributed by atoms with Crippen LogP contribution in [-0.2, 0) is 0 Å². The fourth-order valence-corrected chi connectivity index (χ4v) is 4.61. The van der Waals surface area contributed by atoms with Crippen molar-refractivity contribution in [3.63, 3.8) is 0 Å². The average Bonchev–Trinajstić information content (AvgIpc) is 3.10. The van der Waals surface area contributed by atoms with Gasteiger partial charge in [-0.1, -0.05) is 41.9 Å². The van der Waals surface area contributed by atoms with Gasteiger partial charge in [0.05, 0.1) is 10.4 Å². The summed E-state index contributed by atoms with van der Waals surface area (Å²) in [5.41, 5.74) is 7.70. The number of rotatable bonds is 4. The summed E-state index contributed by atoms with van der Waals surface area (Å²) in [6.45, 7) is 4.27. The molecule has 2 nitrogen and oxygen atoms in total. The first-order valence-corrected chi connectivity index (χ1v) is 8.64. The number of benzene rings is 1. The first-order valence-electron chi connectivity index (χ1n) is 7.45. The van der Waals surface area contributed by atoms with E-state index < -0.39 is 0 Å². The molecular formula is C17H21ClN2S. The van der Waals surface area contributed by atoms with E-state index in [4.69, 9.17) is 17.3 Å². The van der Waals surface area contributed by atoms with Gasteiger partial charge in [-0.15, -0.1) is 11.3 Å². The van der Waals surface area contributed by atoms with Crippen molar-refractivity contribution in [3.8, 4) is 0 Å². The van der Waals surface area contributed by atoms with Gasteiger partial charge in [0.25, 0.3) is 0 Å². The topological polar surface area (TPSA) is 29.3 Å². The summed E-state index contributed by atoms with van der Waals surface area (Å²) in [7, 11) is 0. The van der Waals surface area contributed by atoms with Crippen molar-refractivity contribution < 1.29 is 0 Å². The number of nitrogens with two attached hydrogens (primary N) is 1. The second-order valence-corrected chi connectivity index (χ2v) is 7.58. The van der Waals surface area contributed by atoms with Gasteiger partial charge in [-0.25, -0.2) is 0 Å². The lowest BCUT2D eigenvalue weighted by atomic mass is 9.98. The minimum absolute atomic E-state index is 0.106. The van der Waals surface area contributed by atoms with Gasteiger partial charge in [0.1, 0.15) is 0 Å². The van der Waals surface area contributed by atoms with E-state index in [1.807, 2.05) is 6.07 Å². The number of hydrogen-bond donors (Lipinski definition) is 1. The summed E-state index contributed by atoms with van der Waals surface area (Å²) < 4.78 is 0.842. The third kappa shape index (κ3) is 3.32. The zero-order chi connectivity index (χ0) is 14.8. The van der Waals surface area contributed by atoms with Crippen LogP contribution in [0.2, 0.25) is 4.34 Å². The van der Waals surface area contributed by atoms with E-state index in [0.29, 0.717) is 5.92 Å². The van der Waals surface area contributed by atoms with Crippen LogP contribution in [0.25, 0.3) is 0 Å². The third-order valence-corrected chi connectivity index (χ3v) is 5.57. The van der Waals surface area contributed by atoms with Gasteiger partial charge in [0.2, 0.25) is 0 Å². The summed E-state index contributed by atoms with van der Waals surface area (Å²) in [6.07, 6.45) is 1.20. The summed E-state index contributed by atoms with van der Waals surface area (Å²) >= 11 is 7.75. The molecule has 0 radical (unpaired) electrons. The highest BCUT2D eigenvalue weighted by molar-refractivity contribution is 7.16. The van der Waals surface area contributed by atoms with Gasteiger partial charge in [-0.3, -0.25) is 4.90 Å². The second-order valence-electron chi connectivity index (χ2n) is 5.84. The molecule has 4 heteroatoms. The van der Waals surface area contributed by atoms with Crippen molar-refractivity contribution in [2.75, 3.05) is 13.1 Å². The number of nitrogens with zero attached hydrogens (tertiary/aromatic N) is 1. The Morgan fingerprint density at radius 3 is 2.62 bits per heavy atom. The van der Waals surface area contributed by atoms with Gasteiger partial charge in [-0.2, -0.15) is 0 Å². The fourth-order valence-electron chi connectivity index (χ4n) is 3.30. The molecule has 0 bridgehead atoms. The maximum Gasteiger partial charge on any atom is 0.0931 e. The van der Waals surface area contributed by atoms with Crippen molar-refractivity contribution in [1.29, 1.82) is 0 Å². The van der Waals surface area contributed by atoms with Crippen molar-refractivity contribution in [2.24, 2.45) is 5.73 Å². The van der Waals surface area contributed by atoms with Crippen LogP contribution in [0.1, 0.15) is 35.7 Å². The Labute approximate surface area is 135 Å². The van der Waals surface area contributed by atoms with Crippen LogP contribution < -0.4 is 5.73 Å². The zero-order valence-electron chi connectivity index (χ0n) is 12.2. The van der Waals surface area contributed by atoms with Crippen LogP contribution in [0.3, 0.4) is 0 Å². The van der Waals surface area contributed by atoms with Gasteiger partial charge in [0, 0.05) is 17.5 Å². The Bertz CT molecular complexity index is 581. The van der Waals surface area contributed by atoms with Crippen LogP contribution in [0, 0.1) is 0 Å². The van der Waals surface area contributed by atoms with Crippen molar-refractivity contribution >= 4 is 22.9 Å². The molecule has 3 atom stereocenters. The Kier molecular flexibility index (Phi) is 4.65. The van der Waals surface area contributed by atoms with Gasteiger partial charge < -0.3 is 5.73 Å². The first kappa shape index (κ1) is 15.0. The summed E-state index contributed by atoms with van der Waals surface area (Å²) in [5, 5.41) is 0. The van der Waals surface area contributed by atoms with Crippen LogP contribution in [-0.4, -0.2) is 24.0 Å². The molecule has 3 unspecified atom stereocenters. The lowest BCUT2D eigenvalue weighted by Gasteiger charge is -2.30. The predicted molar refractivity (Wildman–Crippen MR) is 91.1 cm³/mol. The quantitative estimate of drug-likeness (QED) is 0.911. The molecule has 1 aliphatic rings. The van der Waals surface area contributed by atoms with E-state index >= 15 is 0 Å². The number of thiophene rings is 1. The highest BCUT2D eigenvalue weighted by Crippen LogP contribution is 2.37. The van der Waals surface area contributed by atoms with Crippen LogP contribution in [0.4, 0.5) is 0 Å². The predicted octanol–water partition coefficient (Wildman–Crippen LogP) is 4.28. The van der Waals surface area contributed by atoms with Crippen LogP contribution in [0.15, 0.2) is 42.5 Å². The molecule has 21 heavy (non-hydrogen) atoms. The fraction of sp³-hybridized carbons (Fsp3) is 0.412. The molecule has 1 saturated heterocycles. The minimum Gasteiger partial charge on any atom is -0.326 e. The van der Waals surface area contributed by atoms with Gasteiger partial charge >= 0.3 is 0 Å². The largest absolute Gasteiger partial charge is 0.326 e. The SMILES string of the molecule is CC(N)C(c1ccc(Cl)s1)N1CCC(c2ccccc2)C1. The summed E-state index contributed by atoms with van der Waals surface area (Å²) in [6, 6.07) is 15.3. The van der Waals surface area contributed by atoms with E-state index in [0.717, 1.165) is 17.4 Å². The van der Waals surface area contributed by atoms with Gasteiger partial charge in [-0.05, 0) is 43.5 Å². The molecular weight excluding hydrogens is 300 g/mol. The van der Waals surface area contributed by atoms with Crippen molar-refractivity contribution in [1.82, 2.24) is 4.90 Å². The number of likely N-dealkylation sites (tertiary alicyclic amines) is 1. The average molecular weight is 321 g/mol. The highest BCUT2D eigenvalue weighted by atomic mass is 35.5. The Hall–Kier alpha value is -0.870. The van der Waals surface area contributed by atoms with Gasteiger partial charge in [0.15, 0.2) is 0 Å². The van der Waals surface area contributed by atoms with Crippen LogP contribution in [0.5, 0.6) is 0 Å². The Morgan fingerprint density at radius 2 is 2.00 bits per heavy atom. The second kappa shape index (κ2) is 6.49. The molecule has 0 aliphatic carbocycles. The monoisotopic (exact) mass is 320 g/mol. The Balaban J connectivity index is 1.77. The van der Waals surface area contributed by atoms with E-state index in [1.54, 1.807) is 11.3 Å². The standard InChI is InChI=1S/C17H21ClN2S/c1-12(19)17(15-7-8-16(18)21-15)20-10-9-14(11-20)13-5-3-2-4-6-13/h2-8,12,14,17H,9-11,19H2,1H3. The lowest BCUT2D eigenvalue weighted by Crippen LogP contribution is -2.37. The third-order valence-electron chi connectivity index (χ3n) is 4.27. The molecule has 2 aromatic rings.